The van der Waals surface area contributed by atoms with Crippen LogP contribution in [0.4, 0.5) is 0 Å². The van der Waals surface area contributed by atoms with E-state index in [-0.39, 0.29) is 12.4 Å². The fraction of sp³-hybridized carbons (Fsp3) is 0.692. The highest BCUT2D eigenvalue weighted by atomic mass is 16.7. The Morgan fingerprint density at radius 2 is 1.95 bits per heavy atom. The van der Waals surface area contributed by atoms with Crippen LogP contribution in [0.5, 0.6) is 0 Å². The molecule has 1 saturated heterocycles. The Bertz CT molecular complexity index is 426. The lowest BCUT2D eigenvalue weighted by molar-refractivity contribution is -0.260. The van der Waals surface area contributed by atoms with Crippen molar-refractivity contribution < 1.29 is 39.1 Å². The number of rotatable bonds is 6. The molecule has 0 spiro atoms. The van der Waals surface area contributed by atoms with Crippen molar-refractivity contribution in [3.63, 3.8) is 0 Å². The zero-order valence-electron chi connectivity index (χ0n) is 12.4. The Kier molecular flexibility index (Phi) is 6.75. The molecule has 1 fully saturated rings. The molecule has 22 heavy (non-hydrogen) atoms. The van der Waals surface area contributed by atoms with Gasteiger partial charge in [0, 0.05) is 6.92 Å². The number of nitrogens with one attached hydrogen (secondary N) is 1. The number of carbonyl (C=O) groups is 2. The van der Waals surface area contributed by atoms with Crippen molar-refractivity contribution >= 4 is 11.9 Å². The molecule has 0 radical (unpaired) electrons. The van der Waals surface area contributed by atoms with E-state index in [1.54, 1.807) is 6.92 Å². The lowest BCUT2D eigenvalue weighted by Crippen LogP contribution is -2.64. The van der Waals surface area contributed by atoms with Crippen LogP contribution >= 0.6 is 0 Å². The van der Waals surface area contributed by atoms with E-state index < -0.39 is 49.1 Å². The molecule has 1 aliphatic heterocycles. The van der Waals surface area contributed by atoms with E-state index in [0.29, 0.717) is 0 Å². The second kappa shape index (κ2) is 8.08. The van der Waals surface area contributed by atoms with Crippen molar-refractivity contribution in [3.8, 4) is 0 Å². The lowest BCUT2D eigenvalue weighted by atomic mass is 9.97. The number of hydrogen-bond donors (Lipinski definition) is 4. The van der Waals surface area contributed by atoms with E-state index in [1.165, 1.54) is 6.92 Å². The molecule has 0 aliphatic carbocycles. The van der Waals surface area contributed by atoms with Crippen LogP contribution in [0.3, 0.4) is 0 Å². The van der Waals surface area contributed by atoms with Crippen molar-refractivity contribution in [2.24, 2.45) is 0 Å². The number of ether oxygens (including phenoxy) is 3. The third-order valence-electron chi connectivity index (χ3n) is 3.01. The molecule has 0 saturated carbocycles. The predicted molar refractivity (Wildman–Crippen MR) is 72.2 cm³/mol. The second-order valence-electron chi connectivity index (χ2n) is 4.69. The normalized spacial score (nSPS) is 31.2. The quantitative estimate of drug-likeness (QED) is 0.251. The minimum absolute atomic E-state index is 0.114. The van der Waals surface area contributed by atoms with Crippen molar-refractivity contribution in [2.45, 2.75) is 44.5 Å². The lowest BCUT2D eigenvalue weighted by Gasteiger charge is -2.42. The predicted octanol–water partition coefficient (Wildman–Crippen LogP) is -1.98. The molecule has 0 bridgehead atoms. The van der Waals surface area contributed by atoms with Gasteiger partial charge in [0.25, 0.3) is 0 Å². The minimum atomic E-state index is -1.46. The van der Waals surface area contributed by atoms with Gasteiger partial charge in [-0.2, -0.15) is 0 Å². The SMILES string of the molecule is C=C(OC1OC(CO)C(O)C(O)C1NC(C)=O)C(=O)OCC. The monoisotopic (exact) mass is 319 g/mol. The van der Waals surface area contributed by atoms with Crippen LogP contribution in [-0.4, -0.2) is 71.1 Å². The highest BCUT2D eigenvalue weighted by Crippen LogP contribution is 2.23. The van der Waals surface area contributed by atoms with Gasteiger partial charge in [-0.1, -0.05) is 0 Å². The molecule has 4 N–H and O–H groups in total. The summed E-state index contributed by atoms with van der Waals surface area (Å²) in [5, 5.41) is 31.3. The third-order valence-corrected chi connectivity index (χ3v) is 3.01. The van der Waals surface area contributed by atoms with Crippen LogP contribution in [0.25, 0.3) is 0 Å². The third kappa shape index (κ3) is 4.41. The fourth-order valence-electron chi connectivity index (χ4n) is 1.97. The maximum Gasteiger partial charge on any atom is 0.373 e. The van der Waals surface area contributed by atoms with Gasteiger partial charge in [0.1, 0.15) is 24.4 Å². The number of aliphatic hydroxyl groups excluding tert-OH is 3. The smallest absolute Gasteiger partial charge is 0.373 e. The molecule has 1 amide bonds. The number of hydrogen-bond acceptors (Lipinski definition) is 8. The van der Waals surface area contributed by atoms with E-state index in [2.05, 4.69) is 11.9 Å². The van der Waals surface area contributed by atoms with Crippen LogP contribution < -0.4 is 5.32 Å². The molecule has 5 atom stereocenters. The summed E-state index contributed by atoms with van der Waals surface area (Å²) in [4.78, 5) is 22.7. The van der Waals surface area contributed by atoms with Gasteiger partial charge in [-0.05, 0) is 13.5 Å². The molecule has 0 aromatic carbocycles. The van der Waals surface area contributed by atoms with Gasteiger partial charge in [-0.25, -0.2) is 4.79 Å². The molecule has 1 rings (SSSR count). The van der Waals surface area contributed by atoms with Crippen molar-refractivity contribution in [2.75, 3.05) is 13.2 Å². The fourth-order valence-corrected chi connectivity index (χ4v) is 1.97. The first kappa shape index (κ1) is 18.4. The highest BCUT2D eigenvalue weighted by Gasteiger charge is 2.46. The van der Waals surface area contributed by atoms with Crippen molar-refractivity contribution in [1.82, 2.24) is 5.32 Å². The molecule has 126 valence electrons. The molecule has 1 aliphatic rings. The van der Waals surface area contributed by atoms with Gasteiger partial charge in [0.15, 0.2) is 0 Å². The van der Waals surface area contributed by atoms with Crippen LogP contribution in [0.2, 0.25) is 0 Å². The Labute approximate surface area is 127 Å². The van der Waals surface area contributed by atoms with Crippen molar-refractivity contribution in [1.29, 1.82) is 0 Å². The van der Waals surface area contributed by atoms with E-state index in [0.717, 1.165) is 0 Å². The molecular weight excluding hydrogens is 298 g/mol. The summed E-state index contributed by atoms with van der Waals surface area (Å²) in [6.07, 6.45) is -5.36. The maximum absolute atomic E-state index is 11.5. The van der Waals surface area contributed by atoms with Gasteiger partial charge in [-0.3, -0.25) is 4.79 Å². The average Bonchev–Trinajstić information content (AvgIpc) is 2.46. The molecule has 0 aromatic heterocycles. The zero-order valence-corrected chi connectivity index (χ0v) is 12.4. The van der Waals surface area contributed by atoms with Gasteiger partial charge in [-0.15, -0.1) is 0 Å². The summed E-state index contributed by atoms with van der Waals surface area (Å²) < 4.78 is 15.1. The number of carbonyl (C=O) groups excluding carboxylic acids is 2. The van der Waals surface area contributed by atoms with Crippen LogP contribution in [0.1, 0.15) is 13.8 Å². The summed E-state index contributed by atoms with van der Waals surface area (Å²) in [5.41, 5.74) is 0. The molecule has 9 heteroatoms. The number of amides is 1. The van der Waals surface area contributed by atoms with Crippen LogP contribution in [0.15, 0.2) is 12.3 Å². The van der Waals surface area contributed by atoms with Gasteiger partial charge >= 0.3 is 5.97 Å². The molecule has 9 nitrogen and oxygen atoms in total. The Hall–Kier alpha value is -1.68. The summed E-state index contributed by atoms with van der Waals surface area (Å²) in [5.74, 6) is -1.71. The Morgan fingerprint density at radius 3 is 2.45 bits per heavy atom. The maximum atomic E-state index is 11.5. The highest BCUT2D eigenvalue weighted by molar-refractivity contribution is 5.85. The summed E-state index contributed by atoms with van der Waals surface area (Å²) in [6.45, 7) is 5.71. The molecule has 1 heterocycles. The molecule has 5 unspecified atom stereocenters. The summed E-state index contributed by atoms with van der Waals surface area (Å²) in [6, 6.07) is -1.15. The first-order valence-electron chi connectivity index (χ1n) is 6.74. The largest absolute Gasteiger partial charge is 0.460 e. The molecular formula is C13H21NO8. The minimum Gasteiger partial charge on any atom is -0.460 e. The average molecular weight is 319 g/mol. The van der Waals surface area contributed by atoms with Gasteiger partial charge in [0.05, 0.1) is 13.2 Å². The Morgan fingerprint density at radius 1 is 1.32 bits per heavy atom. The first-order valence-corrected chi connectivity index (χ1v) is 6.74. The topological polar surface area (TPSA) is 135 Å². The van der Waals surface area contributed by atoms with Crippen molar-refractivity contribution in [3.05, 3.63) is 12.3 Å². The second-order valence-corrected chi connectivity index (χ2v) is 4.69. The number of aliphatic hydroxyl groups is 3. The zero-order chi connectivity index (χ0) is 16.9. The molecule has 0 aromatic rings. The van der Waals surface area contributed by atoms with Crippen LogP contribution in [-0.2, 0) is 23.8 Å². The van der Waals surface area contributed by atoms with E-state index in [1.807, 2.05) is 0 Å². The standard InChI is InChI=1S/C13H21NO8/c1-4-20-12(19)6(2)21-13-9(14-7(3)16)11(18)10(17)8(5-15)22-13/h8-11,13,15,17-18H,2,4-5H2,1,3H3,(H,14,16). The van der Waals surface area contributed by atoms with Crippen LogP contribution in [0, 0.1) is 0 Å². The summed E-state index contributed by atoms with van der Waals surface area (Å²) in [7, 11) is 0. The van der Waals surface area contributed by atoms with Gasteiger partial charge < -0.3 is 34.8 Å². The van der Waals surface area contributed by atoms with E-state index >= 15 is 0 Å². The number of esters is 1. The first-order chi connectivity index (χ1) is 10.3. The summed E-state index contributed by atoms with van der Waals surface area (Å²) >= 11 is 0. The Balaban J connectivity index is 2.87. The van der Waals surface area contributed by atoms with Gasteiger partial charge in [0.2, 0.25) is 18.0 Å². The van der Waals surface area contributed by atoms with E-state index in [9.17, 15) is 19.8 Å². The van der Waals surface area contributed by atoms with E-state index in [4.69, 9.17) is 19.3 Å².